The van der Waals surface area contributed by atoms with Crippen molar-refractivity contribution < 1.29 is 9.13 Å². The third-order valence-corrected chi connectivity index (χ3v) is 11.3. The van der Waals surface area contributed by atoms with Gasteiger partial charge in [0.05, 0.1) is 34.5 Å². The van der Waals surface area contributed by atoms with Gasteiger partial charge in [0.15, 0.2) is 0 Å². The molecule has 0 aliphatic carbocycles. The Morgan fingerprint density at radius 1 is 0.939 bits per heavy atom. The van der Waals surface area contributed by atoms with E-state index < -0.39 is 14.1 Å². The van der Waals surface area contributed by atoms with Gasteiger partial charge in [0.2, 0.25) is 5.95 Å². The van der Waals surface area contributed by atoms with Gasteiger partial charge in [-0.1, -0.05) is 7.92 Å². The molecule has 0 unspecified atom stereocenters. The Balaban J connectivity index is 1.17. The highest BCUT2D eigenvalue weighted by atomic mass is 79.9. The first kappa shape index (κ1) is 33.6. The van der Waals surface area contributed by atoms with Gasteiger partial charge >= 0.3 is 0 Å². The molecule has 49 heavy (non-hydrogen) atoms. The number of anilines is 5. The van der Waals surface area contributed by atoms with Gasteiger partial charge in [0.1, 0.15) is 17.7 Å². The lowest BCUT2D eigenvalue weighted by atomic mass is 9.97. The van der Waals surface area contributed by atoms with E-state index in [1.54, 1.807) is 25.7 Å². The molecule has 14 heteroatoms. The first-order valence-electron chi connectivity index (χ1n) is 16.6. The van der Waals surface area contributed by atoms with E-state index in [1.165, 1.54) is 0 Å². The molecule has 5 heterocycles. The van der Waals surface area contributed by atoms with Gasteiger partial charge in [-0.05, 0) is 73.1 Å². The smallest absolute Gasteiger partial charge is 0.229 e. The predicted molar refractivity (Wildman–Crippen MR) is 200 cm³/mol. The number of aromatic nitrogens is 6. The van der Waals surface area contributed by atoms with Crippen LogP contribution < -0.4 is 25.6 Å². The standard InChI is InChI=1S/C35H41BrFN10OP/c1-45-21-22(19-41-45)25-17-29(31(48-2)18-30(25)47-15-9-24(10-16-47)46-13-7-23(37)8-14-46)43-35-40-20-26(36)34(44-35)42-28-6-5-27-32(33(28)49(3)4)39-12-11-38-27/h5-6,11-12,17-21,23-24H,7-10,13-16H2,1-4H3,(H2,40,42,43,44). The zero-order chi connectivity index (χ0) is 34.1. The van der Waals surface area contributed by atoms with Crippen molar-refractivity contribution >= 4 is 69.0 Å². The third-order valence-electron chi connectivity index (χ3n) is 9.42. The van der Waals surface area contributed by atoms with E-state index in [2.05, 4.69) is 81.9 Å². The van der Waals surface area contributed by atoms with Crippen LogP contribution in [-0.2, 0) is 7.05 Å². The van der Waals surface area contributed by atoms with Gasteiger partial charge in [-0.25, -0.2) is 9.37 Å². The van der Waals surface area contributed by atoms with Crippen molar-refractivity contribution in [3.05, 3.63) is 59.7 Å². The van der Waals surface area contributed by atoms with Crippen molar-refractivity contribution in [2.24, 2.45) is 7.05 Å². The number of fused-ring (bicyclic) bond motifs is 1. The first-order valence-corrected chi connectivity index (χ1v) is 19.6. The summed E-state index contributed by atoms with van der Waals surface area (Å²) in [6.45, 7) is 7.95. The predicted octanol–water partition coefficient (Wildman–Crippen LogP) is 6.85. The lowest BCUT2D eigenvalue weighted by Gasteiger charge is -2.42. The van der Waals surface area contributed by atoms with Gasteiger partial charge < -0.3 is 25.2 Å². The van der Waals surface area contributed by atoms with Crippen LogP contribution in [0.15, 0.2) is 59.7 Å². The number of hydrogen-bond acceptors (Lipinski definition) is 10. The van der Waals surface area contributed by atoms with Gasteiger partial charge in [-0.3, -0.25) is 14.6 Å². The average molecular weight is 748 g/mol. The molecule has 0 spiro atoms. The number of nitrogens with one attached hydrogen (secondary N) is 2. The number of aryl methyl sites for hydroxylation is 1. The van der Waals surface area contributed by atoms with E-state index in [0.717, 1.165) is 88.0 Å². The van der Waals surface area contributed by atoms with E-state index in [-0.39, 0.29) is 0 Å². The molecule has 2 fully saturated rings. The molecule has 0 bridgehead atoms. The number of nitrogens with zero attached hydrogens (tertiary/aromatic N) is 8. The molecule has 7 rings (SSSR count). The summed E-state index contributed by atoms with van der Waals surface area (Å²) in [5, 5.41) is 12.6. The highest BCUT2D eigenvalue weighted by Crippen LogP contribution is 2.42. The fraction of sp³-hybridized carbons (Fsp3) is 0.400. The number of ether oxygens (including phenoxy) is 1. The summed E-state index contributed by atoms with van der Waals surface area (Å²) in [5.74, 6) is 1.73. The fourth-order valence-electron chi connectivity index (χ4n) is 6.93. The van der Waals surface area contributed by atoms with Crippen LogP contribution in [0.4, 0.5) is 33.2 Å². The van der Waals surface area contributed by atoms with Gasteiger partial charge in [0, 0.05) is 97.9 Å². The van der Waals surface area contributed by atoms with Crippen molar-refractivity contribution in [1.29, 1.82) is 0 Å². The summed E-state index contributed by atoms with van der Waals surface area (Å²) < 4.78 is 22.3. The van der Waals surface area contributed by atoms with Crippen molar-refractivity contribution in [2.45, 2.75) is 37.9 Å². The van der Waals surface area contributed by atoms with Crippen LogP contribution in [0.2, 0.25) is 0 Å². The average Bonchev–Trinajstić information content (AvgIpc) is 3.55. The molecule has 2 aliphatic rings. The van der Waals surface area contributed by atoms with Crippen LogP contribution >= 0.6 is 23.9 Å². The number of alkyl halides is 1. The summed E-state index contributed by atoms with van der Waals surface area (Å²) in [5.41, 5.74) is 6.59. The van der Waals surface area contributed by atoms with Crippen molar-refractivity contribution in [2.75, 3.05) is 62.2 Å². The van der Waals surface area contributed by atoms with Gasteiger partial charge in [-0.15, -0.1) is 0 Å². The van der Waals surface area contributed by atoms with Crippen molar-refractivity contribution in [3.63, 3.8) is 0 Å². The summed E-state index contributed by atoms with van der Waals surface area (Å²) >= 11 is 3.65. The second-order valence-corrected chi connectivity index (χ2v) is 15.9. The third kappa shape index (κ3) is 7.20. The number of likely N-dealkylation sites (tertiary alicyclic amines) is 1. The van der Waals surface area contributed by atoms with Gasteiger partial charge in [0.25, 0.3) is 0 Å². The maximum atomic E-state index is 13.8. The summed E-state index contributed by atoms with van der Waals surface area (Å²) in [4.78, 5) is 23.5. The van der Waals surface area contributed by atoms with E-state index >= 15 is 0 Å². The first-order chi connectivity index (χ1) is 23.8. The number of rotatable bonds is 9. The van der Waals surface area contributed by atoms with Crippen LogP contribution in [0, 0.1) is 0 Å². The van der Waals surface area contributed by atoms with Crippen LogP contribution in [0.5, 0.6) is 5.75 Å². The Hall–Kier alpha value is -3.93. The minimum atomic E-state index is -0.651. The summed E-state index contributed by atoms with van der Waals surface area (Å²) in [6.07, 6.45) is 11.8. The monoisotopic (exact) mass is 746 g/mol. The number of halogens is 2. The number of piperidine rings is 2. The number of benzene rings is 2. The molecule has 2 aromatic carbocycles. The van der Waals surface area contributed by atoms with Crippen molar-refractivity contribution in [3.8, 4) is 16.9 Å². The Morgan fingerprint density at radius 3 is 2.43 bits per heavy atom. The van der Waals surface area contributed by atoms with Crippen LogP contribution in [0.25, 0.3) is 22.2 Å². The molecule has 2 N–H and O–H groups in total. The quantitative estimate of drug-likeness (QED) is 0.156. The minimum Gasteiger partial charge on any atom is -0.494 e. The molecular formula is C35H41BrFN10OP. The molecule has 2 aliphatic heterocycles. The maximum absolute atomic E-state index is 13.8. The van der Waals surface area contributed by atoms with Gasteiger partial charge in [-0.2, -0.15) is 10.1 Å². The van der Waals surface area contributed by atoms with E-state index in [4.69, 9.17) is 9.72 Å². The van der Waals surface area contributed by atoms with Crippen LogP contribution in [-0.4, -0.2) is 93.4 Å². The molecule has 3 aromatic heterocycles. The molecule has 0 atom stereocenters. The Bertz CT molecular complexity index is 1940. The zero-order valence-electron chi connectivity index (χ0n) is 28.2. The number of methoxy groups -OCH3 is 1. The van der Waals surface area contributed by atoms with E-state index in [1.807, 2.05) is 36.3 Å². The second kappa shape index (κ2) is 14.5. The lowest BCUT2D eigenvalue weighted by molar-refractivity contribution is 0.0981. The second-order valence-electron chi connectivity index (χ2n) is 12.8. The molecule has 2 saturated heterocycles. The molecular weight excluding hydrogens is 706 g/mol. The zero-order valence-corrected chi connectivity index (χ0v) is 30.7. The summed E-state index contributed by atoms with van der Waals surface area (Å²) in [6, 6.07) is 8.71. The van der Waals surface area contributed by atoms with E-state index in [0.29, 0.717) is 36.4 Å². The Morgan fingerprint density at radius 2 is 1.71 bits per heavy atom. The van der Waals surface area contributed by atoms with Crippen LogP contribution in [0.3, 0.4) is 0 Å². The molecule has 11 nitrogen and oxygen atoms in total. The largest absolute Gasteiger partial charge is 0.494 e. The molecule has 0 saturated carbocycles. The molecule has 0 amide bonds. The van der Waals surface area contributed by atoms with E-state index in [9.17, 15) is 4.39 Å². The SMILES string of the molecule is COc1cc(N2CCC(N3CCC(F)CC3)CC2)c(-c2cnn(C)c2)cc1Nc1ncc(Br)c(Nc2ccc3nccnc3c2P(C)C)n1. The minimum absolute atomic E-state index is 0.421. The highest BCUT2D eigenvalue weighted by Gasteiger charge is 2.30. The topological polar surface area (TPSA) is 109 Å². The lowest BCUT2D eigenvalue weighted by Crippen LogP contribution is -2.48. The number of hydrogen-bond donors (Lipinski definition) is 2. The molecule has 5 aromatic rings. The Labute approximate surface area is 295 Å². The molecule has 0 radical (unpaired) electrons. The normalized spacial score (nSPS) is 16.4. The van der Waals surface area contributed by atoms with Crippen molar-refractivity contribution in [1.82, 2.24) is 34.6 Å². The van der Waals surface area contributed by atoms with Crippen LogP contribution in [0.1, 0.15) is 25.7 Å². The molecule has 256 valence electrons. The fourth-order valence-corrected chi connectivity index (χ4v) is 8.43. The highest BCUT2D eigenvalue weighted by molar-refractivity contribution is 9.10. The maximum Gasteiger partial charge on any atom is 0.229 e. The summed E-state index contributed by atoms with van der Waals surface area (Å²) in [7, 11) is 3.11. The Kier molecular flexibility index (Phi) is 9.94.